The van der Waals surface area contributed by atoms with E-state index >= 15 is 0 Å². The van der Waals surface area contributed by atoms with Gasteiger partial charge in [0.2, 0.25) is 5.79 Å². The van der Waals surface area contributed by atoms with Gasteiger partial charge in [0.05, 0.1) is 18.5 Å². The molecule has 1 atom stereocenters. The van der Waals surface area contributed by atoms with Gasteiger partial charge in [-0.2, -0.15) is 0 Å². The minimum Gasteiger partial charge on any atom is -0.343 e. The van der Waals surface area contributed by atoms with Crippen LogP contribution in [0.4, 0.5) is 0 Å². The Balaban J connectivity index is 1.84. The average molecular weight is 262 g/mol. The smallest absolute Gasteiger partial charge is 0.201 e. The molecule has 0 aromatic heterocycles. The van der Waals surface area contributed by atoms with Crippen molar-refractivity contribution in [1.82, 2.24) is 0 Å². The Kier molecular flexibility index (Phi) is 3.24. The minimum atomic E-state index is -0.714. The van der Waals surface area contributed by atoms with Crippen molar-refractivity contribution < 1.29 is 14.3 Å². The van der Waals surface area contributed by atoms with Crippen LogP contribution in [0.25, 0.3) is 0 Å². The molecular formula is C14H14O3S. The van der Waals surface area contributed by atoms with Gasteiger partial charge in [0.1, 0.15) is 0 Å². The van der Waals surface area contributed by atoms with Crippen molar-refractivity contribution in [2.24, 2.45) is 0 Å². The van der Waals surface area contributed by atoms with Gasteiger partial charge in [-0.3, -0.25) is 4.79 Å². The Morgan fingerprint density at radius 1 is 1.17 bits per heavy atom. The molecule has 0 N–H and O–H groups in total. The lowest BCUT2D eigenvalue weighted by molar-refractivity contribution is -0.133. The number of ketones is 1. The van der Waals surface area contributed by atoms with E-state index in [2.05, 4.69) is 0 Å². The predicted molar refractivity (Wildman–Crippen MR) is 69.5 cm³/mol. The molecule has 0 amide bonds. The lowest BCUT2D eigenvalue weighted by atomic mass is 10.00. The first-order valence-corrected chi connectivity index (χ1v) is 6.88. The van der Waals surface area contributed by atoms with E-state index in [9.17, 15) is 4.79 Å². The first-order chi connectivity index (χ1) is 8.78. The summed E-state index contributed by atoms with van der Waals surface area (Å²) in [6.45, 7) is 1.18. The number of hydrogen-bond acceptors (Lipinski definition) is 4. The van der Waals surface area contributed by atoms with E-state index in [-0.39, 0.29) is 11.0 Å². The number of allylic oxidation sites excluding steroid dienone is 1. The van der Waals surface area contributed by atoms with Crippen LogP contribution in [0.1, 0.15) is 6.42 Å². The summed E-state index contributed by atoms with van der Waals surface area (Å²) >= 11 is 1.64. The molecule has 1 saturated heterocycles. The third-order valence-corrected chi connectivity index (χ3v) is 4.42. The first kappa shape index (κ1) is 12.0. The van der Waals surface area contributed by atoms with Crippen molar-refractivity contribution in [3.05, 3.63) is 42.5 Å². The number of ether oxygens (including phenoxy) is 2. The van der Waals surface area contributed by atoms with E-state index < -0.39 is 5.79 Å². The molecule has 1 spiro atoms. The monoisotopic (exact) mass is 262 g/mol. The van der Waals surface area contributed by atoms with E-state index in [1.165, 1.54) is 0 Å². The SMILES string of the molecule is O=C1C=CC2(OCCO2)[C@@H](Sc2ccccc2)C1. The number of carbonyl (C=O) groups is 1. The Morgan fingerprint density at radius 2 is 1.89 bits per heavy atom. The molecule has 4 heteroatoms. The van der Waals surface area contributed by atoms with Crippen molar-refractivity contribution >= 4 is 17.5 Å². The van der Waals surface area contributed by atoms with Gasteiger partial charge in [-0.15, -0.1) is 11.8 Å². The second kappa shape index (κ2) is 4.88. The zero-order chi connectivity index (χ0) is 12.4. The van der Waals surface area contributed by atoms with Crippen LogP contribution in [0.15, 0.2) is 47.4 Å². The molecule has 0 unspecified atom stereocenters. The number of thioether (sulfide) groups is 1. The largest absolute Gasteiger partial charge is 0.343 e. The van der Waals surface area contributed by atoms with Gasteiger partial charge in [0.25, 0.3) is 0 Å². The van der Waals surface area contributed by atoms with Crippen LogP contribution in [0.5, 0.6) is 0 Å². The molecule has 1 aliphatic carbocycles. The van der Waals surface area contributed by atoms with Crippen LogP contribution in [0, 0.1) is 0 Å². The standard InChI is InChI=1S/C14H14O3S/c15-11-6-7-14(16-8-9-17-14)13(10-11)18-12-4-2-1-3-5-12/h1-7,13H,8-10H2/t13-/m0/s1. The lowest BCUT2D eigenvalue weighted by Gasteiger charge is -2.34. The molecule has 3 nitrogen and oxygen atoms in total. The number of carbonyl (C=O) groups excluding carboxylic acids is 1. The molecular weight excluding hydrogens is 248 g/mol. The van der Waals surface area contributed by atoms with Crippen LogP contribution in [-0.4, -0.2) is 30.0 Å². The molecule has 1 aromatic rings. The third kappa shape index (κ3) is 2.23. The first-order valence-electron chi connectivity index (χ1n) is 6.00. The lowest BCUT2D eigenvalue weighted by Crippen LogP contribution is -2.43. The molecule has 2 aliphatic rings. The summed E-state index contributed by atoms with van der Waals surface area (Å²) in [5, 5.41) is -0.0140. The maximum Gasteiger partial charge on any atom is 0.201 e. The Morgan fingerprint density at radius 3 is 2.61 bits per heavy atom. The molecule has 3 rings (SSSR count). The Labute approximate surface area is 110 Å². The molecule has 1 aromatic carbocycles. The highest BCUT2D eigenvalue weighted by Gasteiger charge is 2.45. The van der Waals surface area contributed by atoms with Gasteiger partial charge in [-0.25, -0.2) is 0 Å². The highest BCUT2D eigenvalue weighted by atomic mass is 32.2. The molecule has 1 aliphatic heterocycles. The molecule has 0 bridgehead atoms. The fourth-order valence-corrected chi connectivity index (χ4v) is 3.49. The van der Waals surface area contributed by atoms with Gasteiger partial charge in [-0.05, 0) is 24.3 Å². The topological polar surface area (TPSA) is 35.5 Å². The van der Waals surface area contributed by atoms with Gasteiger partial charge in [-0.1, -0.05) is 18.2 Å². The van der Waals surface area contributed by atoms with E-state index in [0.717, 1.165) is 4.90 Å². The normalized spacial score (nSPS) is 25.8. The fraction of sp³-hybridized carbons (Fsp3) is 0.357. The molecule has 0 radical (unpaired) electrons. The average Bonchev–Trinajstić information content (AvgIpc) is 2.85. The van der Waals surface area contributed by atoms with Crippen molar-refractivity contribution in [2.45, 2.75) is 22.4 Å². The van der Waals surface area contributed by atoms with Gasteiger partial charge >= 0.3 is 0 Å². The minimum absolute atomic E-state index is 0.0140. The Bertz CT molecular complexity index is 463. The van der Waals surface area contributed by atoms with Gasteiger partial charge < -0.3 is 9.47 Å². The number of hydrogen-bond donors (Lipinski definition) is 0. The summed E-state index contributed by atoms with van der Waals surface area (Å²) < 4.78 is 11.5. The highest BCUT2D eigenvalue weighted by molar-refractivity contribution is 8.00. The maximum atomic E-state index is 11.6. The zero-order valence-corrected chi connectivity index (χ0v) is 10.7. The van der Waals surface area contributed by atoms with Crippen LogP contribution in [-0.2, 0) is 14.3 Å². The van der Waals surface area contributed by atoms with Crippen molar-refractivity contribution in [2.75, 3.05) is 13.2 Å². The van der Waals surface area contributed by atoms with E-state index in [4.69, 9.17) is 9.47 Å². The van der Waals surface area contributed by atoms with Crippen molar-refractivity contribution in [3.63, 3.8) is 0 Å². The molecule has 18 heavy (non-hydrogen) atoms. The number of rotatable bonds is 2. The second-order valence-corrected chi connectivity index (χ2v) is 5.62. The van der Waals surface area contributed by atoms with Crippen molar-refractivity contribution in [3.8, 4) is 0 Å². The highest BCUT2D eigenvalue weighted by Crippen LogP contribution is 2.40. The van der Waals surface area contributed by atoms with Crippen LogP contribution < -0.4 is 0 Å². The quantitative estimate of drug-likeness (QED) is 0.820. The van der Waals surface area contributed by atoms with E-state index in [1.807, 2.05) is 30.3 Å². The summed E-state index contributed by atoms with van der Waals surface area (Å²) in [6, 6.07) is 10.0. The third-order valence-electron chi connectivity index (χ3n) is 3.10. The van der Waals surface area contributed by atoms with Crippen molar-refractivity contribution in [1.29, 1.82) is 0 Å². The fourth-order valence-electron chi connectivity index (χ4n) is 2.22. The molecule has 0 saturated carbocycles. The molecule has 94 valence electrons. The molecule has 1 fully saturated rings. The van der Waals surface area contributed by atoms with Gasteiger partial charge in [0.15, 0.2) is 5.78 Å². The summed E-state index contributed by atoms with van der Waals surface area (Å²) in [6.07, 6.45) is 3.80. The maximum absolute atomic E-state index is 11.6. The van der Waals surface area contributed by atoms with E-state index in [1.54, 1.807) is 23.9 Å². The summed E-state index contributed by atoms with van der Waals surface area (Å²) in [7, 11) is 0. The number of benzene rings is 1. The predicted octanol–water partition coefficient (Wildman–Crippen LogP) is 2.42. The van der Waals surface area contributed by atoms with Crippen LogP contribution >= 0.6 is 11.8 Å². The van der Waals surface area contributed by atoms with Gasteiger partial charge in [0, 0.05) is 11.3 Å². The summed E-state index contributed by atoms with van der Waals surface area (Å²) in [4.78, 5) is 12.7. The summed E-state index contributed by atoms with van der Waals surface area (Å²) in [5.41, 5.74) is 0. The zero-order valence-electron chi connectivity index (χ0n) is 9.87. The molecule has 1 heterocycles. The van der Waals surface area contributed by atoms with E-state index in [0.29, 0.717) is 19.6 Å². The van der Waals surface area contributed by atoms with Crippen LogP contribution in [0.2, 0.25) is 0 Å². The van der Waals surface area contributed by atoms with Crippen LogP contribution in [0.3, 0.4) is 0 Å². The summed E-state index contributed by atoms with van der Waals surface area (Å²) in [5.74, 6) is -0.581. The Hall–Kier alpha value is -1.10. The second-order valence-electron chi connectivity index (χ2n) is 4.34.